The Hall–Kier alpha value is -4.40. The summed E-state index contributed by atoms with van der Waals surface area (Å²) in [6.45, 7) is 1.94. The molecule has 0 fully saturated rings. The van der Waals surface area contributed by atoms with Gasteiger partial charge in [-0.1, -0.05) is 6.07 Å². The molecule has 0 aliphatic carbocycles. The third kappa shape index (κ3) is 3.31. The first-order valence-corrected chi connectivity index (χ1v) is 9.42. The molecule has 5 rings (SSSR count). The van der Waals surface area contributed by atoms with Gasteiger partial charge in [0.05, 0.1) is 41.5 Å². The molecule has 5 aromatic heterocycles. The van der Waals surface area contributed by atoms with Crippen LogP contribution in [-0.2, 0) is 4.74 Å². The lowest BCUT2D eigenvalue weighted by atomic mass is 10.1. The third-order valence-corrected chi connectivity index (χ3v) is 4.77. The number of nitrogens with one attached hydrogen (secondary N) is 1. The van der Waals surface area contributed by atoms with E-state index in [-0.39, 0.29) is 11.6 Å². The molecule has 0 spiro atoms. The van der Waals surface area contributed by atoms with Crippen LogP contribution in [0.3, 0.4) is 0 Å². The minimum atomic E-state index is -0.573. The van der Waals surface area contributed by atoms with E-state index in [1.54, 1.807) is 18.5 Å². The molecule has 31 heavy (non-hydrogen) atoms. The van der Waals surface area contributed by atoms with Gasteiger partial charge in [-0.05, 0) is 37.3 Å². The number of aromatic nitrogens is 6. The van der Waals surface area contributed by atoms with E-state index in [0.29, 0.717) is 22.3 Å². The number of carbonyl (C=O) groups is 1. The average molecular weight is 412 g/mol. The van der Waals surface area contributed by atoms with E-state index in [9.17, 15) is 4.79 Å². The summed E-state index contributed by atoms with van der Waals surface area (Å²) >= 11 is 0. The quantitative estimate of drug-likeness (QED) is 0.442. The molecule has 152 valence electrons. The van der Waals surface area contributed by atoms with Crippen LogP contribution in [-0.4, -0.2) is 43.2 Å². The molecule has 0 aliphatic rings. The first-order chi connectivity index (χ1) is 15.1. The third-order valence-electron chi connectivity index (χ3n) is 4.77. The number of carbonyl (C=O) groups excluding carboxylic acids is 1. The van der Waals surface area contributed by atoms with Gasteiger partial charge in [-0.15, -0.1) is 0 Å². The van der Waals surface area contributed by atoms with Crippen molar-refractivity contribution in [3.63, 3.8) is 0 Å². The highest BCUT2D eigenvalue weighted by Crippen LogP contribution is 2.31. The molecule has 0 saturated carbocycles. The Balaban J connectivity index is 1.64. The largest absolute Gasteiger partial charge is 0.464 e. The maximum atomic E-state index is 11.7. The van der Waals surface area contributed by atoms with Crippen LogP contribution in [0, 0.1) is 6.92 Å². The van der Waals surface area contributed by atoms with E-state index in [1.165, 1.54) is 13.4 Å². The summed E-state index contributed by atoms with van der Waals surface area (Å²) in [6.07, 6.45) is 4.61. The van der Waals surface area contributed by atoms with Crippen LogP contribution in [0.15, 0.2) is 59.5 Å². The highest BCUT2D eigenvalue weighted by Gasteiger charge is 2.18. The molecule has 0 amide bonds. The smallest absolute Gasteiger partial charge is 0.360 e. The zero-order valence-electron chi connectivity index (χ0n) is 16.7. The zero-order chi connectivity index (χ0) is 21.4. The predicted molar refractivity (Wildman–Crippen MR) is 112 cm³/mol. The van der Waals surface area contributed by atoms with Crippen LogP contribution in [0.2, 0.25) is 0 Å². The molecule has 9 nitrogen and oxygen atoms in total. The van der Waals surface area contributed by atoms with Crippen molar-refractivity contribution in [2.75, 3.05) is 7.11 Å². The number of H-pyrrole nitrogens is 1. The Morgan fingerprint density at radius 1 is 1.03 bits per heavy atom. The Morgan fingerprint density at radius 2 is 1.94 bits per heavy atom. The fourth-order valence-electron chi connectivity index (χ4n) is 3.30. The van der Waals surface area contributed by atoms with Gasteiger partial charge in [0.25, 0.3) is 0 Å². The number of hydrogen-bond acceptors (Lipinski definition) is 8. The molecule has 0 saturated heterocycles. The molecular formula is C22H16N6O3. The molecule has 0 aliphatic heterocycles. The number of pyridine rings is 3. The van der Waals surface area contributed by atoms with Crippen molar-refractivity contribution < 1.29 is 13.9 Å². The Morgan fingerprint density at radius 3 is 2.77 bits per heavy atom. The molecule has 1 N–H and O–H groups in total. The van der Waals surface area contributed by atoms with Crippen molar-refractivity contribution in [2.45, 2.75) is 6.92 Å². The van der Waals surface area contributed by atoms with Gasteiger partial charge in [0.1, 0.15) is 11.8 Å². The number of rotatable bonds is 4. The van der Waals surface area contributed by atoms with E-state index < -0.39 is 5.97 Å². The maximum Gasteiger partial charge on any atom is 0.360 e. The Bertz CT molecular complexity index is 1420. The molecule has 0 atom stereocenters. The summed E-state index contributed by atoms with van der Waals surface area (Å²) < 4.78 is 10.2. The lowest BCUT2D eigenvalue weighted by molar-refractivity contribution is 0.0594. The minimum absolute atomic E-state index is 0.0845. The van der Waals surface area contributed by atoms with E-state index in [2.05, 4.69) is 25.1 Å². The number of hydrogen-bond donors (Lipinski definition) is 1. The van der Waals surface area contributed by atoms with E-state index in [0.717, 1.165) is 22.6 Å². The minimum Gasteiger partial charge on any atom is -0.464 e. The molecule has 0 aromatic carbocycles. The van der Waals surface area contributed by atoms with Crippen LogP contribution >= 0.6 is 0 Å². The number of fused-ring (bicyclic) bond motifs is 1. The van der Waals surface area contributed by atoms with Crippen molar-refractivity contribution in [1.82, 2.24) is 30.1 Å². The normalized spacial score (nSPS) is 11.0. The number of nitrogens with zero attached hydrogens (tertiary/aromatic N) is 5. The van der Waals surface area contributed by atoms with Crippen LogP contribution in [0.25, 0.3) is 45.1 Å². The summed E-state index contributed by atoms with van der Waals surface area (Å²) in [5, 5.41) is 7.21. The van der Waals surface area contributed by atoms with E-state index >= 15 is 0 Å². The first-order valence-electron chi connectivity index (χ1n) is 9.42. The van der Waals surface area contributed by atoms with Gasteiger partial charge in [-0.25, -0.2) is 14.8 Å². The maximum absolute atomic E-state index is 11.7. The van der Waals surface area contributed by atoms with Crippen LogP contribution < -0.4 is 0 Å². The van der Waals surface area contributed by atoms with Crippen molar-refractivity contribution in [3.8, 4) is 34.1 Å². The average Bonchev–Trinajstić information content (AvgIpc) is 3.48. The summed E-state index contributed by atoms with van der Waals surface area (Å²) in [6, 6.07) is 11.3. The summed E-state index contributed by atoms with van der Waals surface area (Å²) in [4.78, 5) is 29.7. The molecular weight excluding hydrogens is 396 g/mol. The first kappa shape index (κ1) is 18.6. The van der Waals surface area contributed by atoms with Crippen molar-refractivity contribution >= 4 is 17.0 Å². The monoisotopic (exact) mass is 412 g/mol. The SMILES string of the molecule is COC(=O)c1coc(-c2ccnc3ccc(-c4cn[nH]c4-c4cccc(C)n4)nc23)n1. The summed E-state index contributed by atoms with van der Waals surface area (Å²) in [7, 11) is 1.29. The highest BCUT2D eigenvalue weighted by molar-refractivity contribution is 5.92. The molecule has 5 aromatic rings. The fourth-order valence-corrected chi connectivity index (χ4v) is 3.30. The van der Waals surface area contributed by atoms with Crippen LogP contribution in [0.1, 0.15) is 16.2 Å². The Kier molecular flexibility index (Phi) is 4.47. The van der Waals surface area contributed by atoms with Gasteiger partial charge >= 0.3 is 5.97 Å². The molecule has 0 unspecified atom stereocenters. The summed E-state index contributed by atoms with van der Waals surface area (Å²) in [5.41, 5.74) is 5.89. The van der Waals surface area contributed by atoms with E-state index in [1.807, 2.05) is 37.3 Å². The van der Waals surface area contributed by atoms with Gasteiger partial charge in [-0.2, -0.15) is 5.10 Å². The lowest BCUT2D eigenvalue weighted by Gasteiger charge is -2.06. The van der Waals surface area contributed by atoms with Crippen molar-refractivity contribution in [2.24, 2.45) is 0 Å². The van der Waals surface area contributed by atoms with Crippen LogP contribution in [0.5, 0.6) is 0 Å². The van der Waals surface area contributed by atoms with Gasteiger partial charge < -0.3 is 9.15 Å². The predicted octanol–water partition coefficient (Wildman–Crippen LogP) is 3.83. The van der Waals surface area contributed by atoms with Gasteiger partial charge in [0, 0.05) is 17.5 Å². The molecule has 9 heteroatoms. The number of aromatic amines is 1. The van der Waals surface area contributed by atoms with Gasteiger partial charge in [0.15, 0.2) is 5.69 Å². The van der Waals surface area contributed by atoms with Crippen molar-refractivity contribution in [3.05, 3.63) is 66.4 Å². The van der Waals surface area contributed by atoms with Crippen LogP contribution in [0.4, 0.5) is 0 Å². The number of methoxy groups -OCH3 is 1. The lowest BCUT2D eigenvalue weighted by Crippen LogP contribution is -2.01. The number of ether oxygens (including phenoxy) is 1. The summed E-state index contributed by atoms with van der Waals surface area (Å²) in [5.74, 6) is -0.319. The van der Waals surface area contributed by atoms with Gasteiger partial charge in [-0.3, -0.25) is 15.1 Å². The number of aryl methyl sites for hydroxylation is 1. The topological polar surface area (TPSA) is 120 Å². The van der Waals surface area contributed by atoms with Gasteiger partial charge in [0.2, 0.25) is 5.89 Å². The van der Waals surface area contributed by atoms with Crippen molar-refractivity contribution in [1.29, 1.82) is 0 Å². The fraction of sp³-hybridized carbons (Fsp3) is 0.0909. The number of esters is 1. The number of oxazole rings is 1. The van der Waals surface area contributed by atoms with E-state index in [4.69, 9.17) is 14.1 Å². The zero-order valence-corrected chi connectivity index (χ0v) is 16.7. The molecule has 5 heterocycles. The standard InChI is InChI=1S/C22H16N6O3/c1-12-4-3-5-17(25-12)20-14(10-24-28-20)15-6-7-16-19(26-15)13(8-9-23-16)21-27-18(11-31-21)22(29)30-2/h3-11H,1-2H3,(H,24,28). The Labute approximate surface area is 176 Å². The highest BCUT2D eigenvalue weighted by atomic mass is 16.5. The molecule has 0 radical (unpaired) electrons. The second kappa shape index (κ2) is 7.45. The second-order valence-corrected chi connectivity index (χ2v) is 6.78. The molecule has 0 bridgehead atoms. The second-order valence-electron chi connectivity index (χ2n) is 6.78.